The van der Waals surface area contributed by atoms with Gasteiger partial charge in [0.25, 0.3) is 0 Å². The average molecular weight is 277 g/mol. The first-order valence-corrected chi connectivity index (χ1v) is 8.61. The van der Waals surface area contributed by atoms with Gasteiger partial charge in [0.15, 0.2) is 0 Å². The highest BCUT2D eigenvalue weighted by molar-refractivity contribution is 8.00. The molecule has 2 unspecified atom stereocenters. The van der Waals surface area contributed by atoms with Crippen LogP contribution in [-0.4, -0.2) is 29.3 Å². The van der Waals surface area contributed by atoms with Crippen LogP contribution >= 0.6 is 11.8 Å². The van der Waals surface area contributed by atoms with Crippen molar-refractivity contribution in [3.63, 3.8) is 0 Å². The molecule has 0 radical (unpaired) electrons. The number of hydrogen-bond acceptors (Lipinski definition) is 2. The maximum Gasteiger partial charge on any atom is 0.0263 e. The summed E-state index contributed by atoms with van der Waals surface area (Å²) in [5.41, 5.74) is 1.55. The fourth-order valence-electron chi connectivity index (χ4n) is 2.73. The Balaban J connectivity index is 1.92. The Morgan fingerprint density at radius 3 is 2.79 bits per heavy atom. The Morgan fingerprint density at radius 2 is 2.11 bits per heavy atom. The fourth-order valence-corrected chi connectivity index (χ4v) is 4.08. The summed E-state index contributed by atoms with van der Waals surface area (Å²) in [5.74, 6) is 0. The van der Waals surface area contributed by atoms with Gasteiger partial charge in [-0.2, -0.15) is 0 Å². The summed E-state index contributed by atoms with van der Waals surface area (Å²) in [7, 11) is 0. The van der Waals surface area contributed by atoms with Gasteiger partial charge in [-0.15, -0.1) is 11.8 Å². The van der Waals surface area contributed by atoms with Gasteiger partial charge in [0.05, 0.1) is 0 Å². The van der Waals surface area contributed by atoms with Crippen molar-refractivity contribution in [2.24, 2.45) is 0 Å². The number of unbranched alkanes of at least 4 members (excludes halogenated alkanes) is 1. The first-order chi connectivity index (χ1) is 9.24. The highest BCUT2D eigenvalue weighted by Gasteiger charge is 2.25. The van der Waals surface area contributed by atoms with E-state index in [1.54, 1.807) is 5.56 Å². The van der Waals surface area contributed by atoms with Crippen molar-refractivity contribution in [1.82, 2.24) is 4.90 Å². The minimum Gasteiger partial charge on any atom is -0.300 e. The van der Waals surface area contributed by atoms with E-state index in [0.29, 0.717) is 0 Å². The van der Waals surface area contributed by atoms with E-state index in [9.17, 15) is 0 Å². The summed E-state index contributed by atoms with van der Waals surface area (Å²) >= 11 is 2.08. The lowest BCUT2D eigenvalue weighted by molar-refractivity contribution is 0.202. The van der Waals surface area contributed by atoms with Crippen LogP contribution < -0.4 is 0 Å². The van der Waals surface area contributed by atoms with Gasteiger partial charge in [-0.1, -0.05) is 38.5 Å². The molecule has 2 atom stereocenters. The van der Waals surface area contributed by atoms with Gasteiger partial charge in [-0.05, 0) is 44.4 Å². The molecule has 0 N–H and O–H groups in total. The average Bonchev–Trinajstić information content (AvgIpc) is 2.84. The SMILES string of the molecule is CCCCN(CC1Cc2ccccc2S1)C(C)CC. The lowest BCUT2D eigenvalue weighted by atomic mass is 10.1. The zero-order valence-corrected chi connectivity index (χ0v) is 13.4. The quantitative estimate of drug-likeness (QED) is 0.716. The largest absolute Gasteiger partial charge is 0.300 e. The minimum atomic E-state index is 0.718. The van der Waals surface area contributed by atoms with E-state index < -0.39 is 0 Å². The standard InChI is InChI=1S/C17H27NS/c1-4-6-11-18(14(3)5-2)13-16-12-15-9-7-8-10-17(15)19-16/h7-10,14,16H,4-6,11-13H2,1-3H3. The van der Waals surface area contributed by atoms with Gasteiger partial charge in [-0.3, -0.25) is 4.90 Å². The van der Waals surface area contributed by atoms with Crippen molar-refractivity contribution >= 4 is 11.8 Å². The fraction of sp³-hybridized carbons (Fsp3) is 0.647. The van der Waals surface area contributed by atoms with Crippen LogP contribution in [0, 0.1) is 0 Å². The van der Waals surface area contributed by atoms with Crippen molar-refractivity contribution in [1.29, 1.82) is 0 Å². The van der Waals surface area contributed by atoms with Gasteiger partial charge in [-0.25, -0.2) is 0 Å². The maximum atomic E-state index is 2.70. The molecule has 0 aromatic heterocycles. The highest BCUT2D eigenvalue weighted by Crippen LogP contribution is 2.37. The summed E-state index contributed by atoms with van der Waals surface area (Å²) < 4.78 is 0. The van der Waals surface area contributed by atoms with Gasteiger partial charge in [0.1, 0.15) is 0 Å². The molecular weight excluding hydrogens is 250 g/mol. The number of rotatable bonds is 7. The second kappa shape index (κ2) is 7.35. The first kappa shape index (κ1) is 14.9. The van der Waals surface area contributed by atoms with Crippen molar-refractivity contribution in [2.75, 3.05) is 13.1 Å². The zero-order chi connectivity index (χ0) is 13.7. The number of nitrogens with zero attached hydrogens (tertiary/aromatic N) is 1. The highest BCUT2D eigenvalue weighted by atomic mass is 32.2. The van der Waals surface area contributed by atoms with E-state index in [2.05, 4.69) is 61.7 Å². The van der Waals surface area contributed by atoms with Crippen LogP contribution in [0.3, 0.4) is 0 Å². The predicted octanol–water partition coefficient (Wildman–Crippen LogP) is 4.60. The number of benzene rings is 1. The van der Waals surface area contributed by atoms with Crippen molar-refractivity contribution in [2.45, 2.75) is 62.6 Å². The molecule has 0 fully saturated rings. The van der Waals surface area contributed by atoms with Crippen LogP contribution in [0.5, 0.6) is 0 Å². The number of thioether (sulfide) groups is 1. The molecule has 1 aromatic carbocycles. The molecule has 0 amide bonds. The molecule has 1 nitrogen and oxygen atoms in total. The second-order valence-corrected chi connectivity index (χ2v) is 7.00. The third kappa shape index (κ3) is 4.00. The molecule has 0 saturated carbocycles. The van der Waals surface area contributed by atoms with Crippen LogP contribution in [0.4, 0.5) is 0 Å². The molecule has 19 heavy (non-hydrogen) atoms. The molecule has 1 aromatic rings. The molecule has 106 valence electrons. The third-order valence-electron chi connectivity index (χ3n) is 4.17. The third-order valence-corrected chi connectivity index (χ3v) is 5.47. The van der Waals surface area contributed by atoms with E-state index >= 15 is 0 Å². The van der Waals surface area contributed by atoms with E-state index in [1.165, 1.54) is 43.7 Å². The van der Waals surface area contributed by atoms with E-state index in [0.717, 1.165) is 11.3 Å². The smallest absolute Gasteiger partial charge is 0.0263 e. The van der Waals surface area contributed by atoms with Gasteiger partial charge in [0, 0.05) is 22.7 Å². The van der Waals surface area contributed by atoms with E-state index in [4.69, 9.17) is 0 Å². The van der Waals surface area contributed by atoms with Crippen LogP contribution in [0.25, 0.3) is 0 Å². The molecule has 0 saturated heterocycles. The Morgan fingerprint density at radius 1 is 1.32 bits per heavy atom. The van der Waals surface area contributed by atoms with Crippen LogP contribution in [0.1, 0.15) is 45.6 Å². The molecule has 1 aliphatic rings. The first-order valence-electron chi connectivity index (χ1n) is 7.73. The minimum absolute atomic E-state index is 0.718. The lowest BCUT2D eigenvalue weighted by Gasteiger charge is -2.30. The Labute approximate surface area is 122 Å². The molecular formula is C17H27NS. The van der Waals surface area contributed by atoms with Gasteiger partial charge < -0.3 is 0 Å². The molecule has 1 heterocycles. The topological polar surface area (TPSA) is 3.24 Å². The molecule has 0 spiro atoms. The molecule has 2 rings (SSSR count). The van der Waals surface area contributed by atoms with Crippen LogP contribution in [0.2, 0.25) is 0 Å². The van der Waals surface area contributed by atoms with Crippen LogP contribution in [-0.2, 0) is 6.42 Å². The molecule has 2 heteroatoms. The summed E-state index contributed by atoms with van der Waals surface area (Å²) in [4.78, 5) is 4.21. The molecule has 0 aliphatic carbocycles. The van der Waals surface area contributed by atoms with Crippen LogP contribution in [0.15, 0.2) is 29.2 Å². The molecule has 1 aliphatic heterocycles. The second-order valence-electron chi connectivity index (χ2n) is 5.66. The number of fused-ring (bicyclic) bond motifs is 1. The summed E-state index contributed by atoms with van der Waals surface area (Å²) in [5, 5.41) is 0.753. The van der Waals surface area contributed by atoms with Gasteiger partial charge in [0.2, 0.25) is 0 Å². The zero-order valence-electron chi connectivity index (χ0n) is 12.6. The Bertz CT molecular complexity index is 366. The maximum absolute atomic E-state index is 2.70. The summed E-state index contributed by atoms with van der Waals surface area (Å²) in [6.45, 7) is 9.48. The number of hydrogen-bond donors (Lipinski definition) is 0. The molecule has 0 bridgehead atoms. The Kier molecular flexibility index (Phi) is 5.77. The summed E-state index contributed by atoms with van der Waals surface area (Å²) in [6, 6.07) is 9.63. The predicted molar refractivity (Wildman–Crippen MR) is 86.0 cm³/mol. The lowest BCUT2D eigenvalue weighted by Crippen LogP contribution is -2.38. The Hall–Kier alpha value is -0.470. The van der Waals surface area contributed by atoms with Gasteiger partial charge >= 0.3 is 0 Å². The van der Waals surface area contributed by atoms with E-state index in [-0.39, 0.29) is 0 Å². The summed E-state index contributed by atoms with van der Waals surface area (Å²) in [6.07, 6.45) is 5.13. The van der Waals surface area contributed by atoms with Crippen molar-refractivity contribution < 1.29 is 0 Å². The van der Waals surface area contributed by atoms with Crippen molar-refractivity contribution in [3.8, 4) is 0 Å². The normalized spacial score (nSPS) is 19.7. The monoisotopic (exact) mass is 277 g/mol. The van der Waals surface area contributed by atoms with E-state index in [1.807, 2.05) is 0 Å². The van der Waals surface area contributed by atoms with Crippen molar-refractivity contribution in [3.05, 3.63) is 29.8 Å².